The van der Waals surface area contributed by atoms with E-state index in [1.807, 2.05) is 0 Å². The first-order valence-corrected chi connectivity index (χ1v) is 8.27. The van der Waals surface area contributed by atoms with Crippen molar-refractivity contribution in [2.45, 2.75) is 44.5 Å². The van der Waals surface area contributed by atoms with Gasteiger partial charge >= 0.3 is 0 Å². The zero-order valence-corrected chi connectivity index (χ0v) is 12.2. The second-order valence-corrected chi connectivity index (χ2v) is 7.77. The van der Waals surface area contributed by atoms with Crippen molar-refractivity contribution in [2.75, 3.05) is 26.3 Å². The van der Waals surface area contributed by atoms with E-state index in [4.69, 9.17) is 4.74 Å². The minimum absolute atomic E-state index is 0.0398. The molecular formula is C12H24N2O3S. The summed E-state index contributed by atoms with van der Waals surface area (Å²) in [5.74, 6) is 0.365. The number of sulfonamides is 1. The Hall–Kier alpha value is -0.170. The molecule has 5 nitrogen and oxygen atoms in total. The van der Waals surface area contributed by atoms with E-state index < -0.39 is 10.0 Å². The van der Waals surface area contributed by atoms with Crippen molar-refractivity contribution >= 4 is 10.0 Å². The first-order chi connectivity index (χ1) is 8.40. The fourth-order valence-electron chi connectivity index (χ4n) is 2.64. The van der Waals surface area contributed by atoms with E-state index in [1.165, 1.54) is 0 Å². The van der Waals surface area contributed by atoms with Crippen molar-refractivity contribution in [2.24, 2.45) is 5.92 Å². The highest BCUT2D eigenvalue weighted by molar-refractivity contribution is 7.90. The maximum atomic E-state index is 12.2. The molecule has 6 heteroatoms. The Balaban J connectivity index is 1.97. The number of nitrogens with zero attached hydrogens (tertiary/aromatic N) is 1. The van der Waals surface area contributed by atoms with Gasteiger partial charge in [-0.15, -0.1) is 0 Å². The Morgan fingerprint density at radius 2 is 2.06 bits per heavy atom. The smallest absolute Gasteiger partial charge is 0.217 e. The molecule has 3 unspecified atom stereocenters. The van der Waals surface area contributed by atoms with Crippen LogP contribution < -0.4 is 4.72 Å². The fraction of sp³-hybridized carbons (Fsp3) is 1.00. The Morgan fingerprint density at radius 1 is 1.33 bits per heavy atom. The summed E-state index contributed by atoms with van der Waals surface area (Å²) in [6, 6.07) is 0.509. The third-order valence-electron chi connectivity index (χ3n) is 4.01. The molecule has 0 aromatic rings. The summed E-state index contributed by atoms with van der Waals surface area (Å²) in [6.07, 6.45) is 0.615. The summed E-state index contributed by atoms with van der Waals surface area (Å²) in [5, 5.41) is -0.363. The SMILES string of the molecule is CC1CN(C(C)C)CC1NS(=O)(=O)C1CCOC1. The molecule has 18 heavy (non-hydrogen) atoms. The van der Waals surface area contributed by atoms with E-state index in [9.17, 15) is 8.42 Å². The summed E-state index contributed by atoms with van der Waals surface area (Å²) in [6.45, 7) is 9.08. The van der Waals surface area contributed by atoms with E-state index >= 15 is 0 Å². The van der Waals surface area contributed by atoms with Gasteiger partial charge in [-0.05, 0) is 26.2 Å². The second kappa shape index (κ2) is 5.45. The van der Waals surface area contributed by atoms with Gasteiger partial charge in [0.1, 0.15) is 5.25 Å². The van der Waals surface area contributed by atoms with Crippen LogP contribution in [0, 0.1) is 5.92 Å². The molecule has 3 atom stereocenters. The number of hydrogen-bond donors (Lipinski definition) is 1. The molecule has 2 heterocycles. The van der Waals surface area contributed by atoms with Crippen LogP contribution in [0.25, 0.3) is 0 Å². The molecule has 0 amide bonds. The summed E-state index contributed by atoms with van der Waals surface area (Å²) in [7, 11) is -3.23. The highest BCUT2D eigenvalue weighted by atomic mass is 32.2. The monoisotopic (exact) mass is 276 g/mol. The van der Waals surface area contributed by atoms with E-state index in [2.05, 4.69) is 30.4 Å². The lowest BCUT2D eigenvalue weighted by molar-refractivity contribution is 0.198. The molecule has 2 saturated heterocycles. The highest BCUT2D eigenvalue weighted by Gasteiger charge is 2.37. The summed E-state index contributed by atoms with van der Waals surface area (Å²) in [4.78, 5) is 2.32. The lowest BCUT2D eigenvalue weighted by atomic mass is 10.1. The van der Waals surface area contributed by atoms with Gasteiger partial charge in [0, 0.05) is 31.8 Å². The van der Waals surface area contributed by atoms with Gasteiger partial charge in [0.15, 0.2) is 0 Å². The van der Waals surface area contributed by atoms with Crippen LogP contribution in [-0.4, -0.2) is 57.0 Å². The van der Waals surface area contributed by atoms with Crippen molar-refractivity contribution in [1.82, 2.24) is 9.62 Å². The van der Waals surface area contributed by atoms with Crippen LogP contribution in [0.3, 0.4) is 0 Å². The van der Waals surface area contributed by atoms with Crippen LogP contribution in [0.4, 0.5) is 0 Å². The summed E-state index contributed by atoms with van der Waals surface area (Å²) >= 11 is 0. The van der Waals surface area contributed by atoms with Crippen molar-refractivity contribution < 1.29 is 13.2 Å². The highest BCUT2D eigenvalue weighted by Crippen LogP contribution is 2.21. The number of ether oxygens (including phenoxy) is 1. The number of likely N-dealkylation sites (tertiary alicyclic amines) is 1. The maximum absolute atomic E-state index is 12.2. The third-order valence-corrected chi connectivity index (χ3v) is 5.89. The van der Waals surface area contributed by atoms with Crippen LogP contribution >= 0.6 is 0 Å². The molecule has 0 aliphatic carbocycles. The zero-order chi connectivity index (χ0) is 13.3. The van der Waals surface area contributed by atoms with Gasteiger partial charge in [-0.3, -0.25) is 4.90 Å². The quantitative estimate of drug-likeness (QED) is 0.808. The number of hydrogen-bond acceptors (Lipinski definition) is 4. The van der Waals surface area contributed by atoms with Crippen LogP contribution in [0.5, 0.6) is 0 Å². The standard InChI is InChI=1S/C12H24N2O3S/c1-9(2)14-6-10(3)12(7-14)13-18(15,16)11-4-5-17-8-11/h9-13H,4-8H2,1-3H3. The minimum atomic E-state index is -3.23. The molecule has 0 saturated carbocycles. The lowest BCUT2D eigenvalue weighted by Crippen LogP contribution is -2.45. The van der Waals surface area contributed by atoms with Crippen LogP contribution in [0.2, 0.25) is 0 Å². The van der Waals surface area contributed by atoms with Crippen molar-refractivity contribution in [3.63, 3.8) is 0 Å². The Kier molecular flexibility index (Phi) is 4.31. The van der Waals surface area contributed by atoms with Gasteiger partial charge in [-0.1, -0.05) is 6.92 Å². The summed E-state index contributed by atoms with van der Waals surface area (Å²) < 4.78 is 32.4. The first-order valence-electron chi connectivity index (χ1n) is 6.73. The van der Waals surface area contributed by atoms with E-state index in [0.29, 0.717) is 31.6 Å². The molecule has 1 N–H and O–H groups in total. The molecule has 0 aromatic heterocycles. The lowest BCUT2D eigenvalue weighted by Gasteiger charge is -2.21. The Bertz CT molecular complexity index is 377. The zero-order valence-electron chi connectivity index (χ0n) is 11.4. The number of nitrogens with one attached hydrogen (secondary N) is 1. The Labute approximate surface area is 110 Å². The van der Waals surface area contributed by atoms with E-state index in [0.717, 1.165) is 13.1 Å². The fourth-order valence-corrected chi connectivity index (χ4v) is 4.25. The van der Waals surface area contributed by atoms with Gasteiger partial charge in [-0.2, -0.15) is 0 Å². The predicted molar refractivity (Wildman–Crippen MR) is 70.9 cm³/mol. The first kappa shape index (κ1) is 14.2. The van der Waals surface area contributed by atoms with Gasteiger partial charge in [0.2, 0.25) is 10.0 Å². The largest absolute Gasteiger partial charge is 0.380 e. The molecule has 0 aromatic carbocycles. The molecule has 106 valence electrons. The molecule has 2 aliphatic heterocycles. The topological polar surface area (TPSA) is 58.6 Å². The van der Waals surface area contributed by atoms with Gasteiger partial charge in [0.05, 0.1) is 6.61 Å². The van der Waals surface area contributed by atoms with Crippen LogP contribution in [0.1, 0.15) is 27.2 Å². The molecular weight excluding hydrogens is 252 g/mol. The molecule has 0 radical (unpaired) electrons. The van der Waals surface area contributed by atoms with E-state index in [1.54, 1.807) is 0 Å². The van der Waals surface area contributed by atoms with Crippen molar-refractivity contribution in [3.05, 3.63) is 0 Å². The second-order valence-electron chi connectivity index (χ2n) is 5.78. The predicted octanol–water partition coefficient (Wildman–Crippen LogP) is 0.423. The molecule has 2 fully saturated rings. The molecule has 0 spiro atoms. The number of rotatable bonds is 4. The summed E-state index contributed by atoms with van der Waals surface area (Å²) in [5.41, 5.74) is 0. The van der Waals surface area contributed by atoms with Gasteiger partial charge in [-0.25, -0.2) is 13.1 Å². The van der Waals surface area contributed by atoms with E-state index in [-0.39, 0.29) is 11.3 Å². The van der Waals surface area contributed by atoms with Gasteiger partial charge in [0.25, 0.3) is 0 Å². The molecule has 2 aliphatic rings. The molecule has 0 bridgehead atoms. The maximum Gasteiger partial charge on any atom is 0.217 e. The normalized spacial score (nSPS) is 34.6. The Morgan fingerprint density at radius 3 is 2.56 bits per heavy atom. The molecule has 2 rings (SSSR count). The third kappa shape index (κ3) is 3.04. The van der Waals surface area contributed by atoms with Gasteiger partial charge < -0.3 is 4.74 Å². The average molecular weight is 276 g/mol. The van der Waals surface area contributed by atoms with Crippen LogP contribution in [-0.2, 0) is 14.8 Å². The minimum Gasteiger partial charge on any atom is -0.380 e. The van der Waals surface area contributed by atoms with Crippen LogP contribution in [0.15, 0.2) is 0 Å². The van der Waals surface area contributed by atoms with Crippen molar-refractivity contribution in [3.8, 4) is 0 Å². The average Bonchev–Trinajstić information content (AvgIpc) is 2.88. The van der Waals surface area contributed by atoms with Crippen molar-refractivity contribution in [1.29, 1.82) is 0 Å².